The molecular formula is C22H28F2N2O4S. The molecule has 0 aliphatic rings. The van der Waals surface area contributed by atoms with Crippen LogP contribution in [-0.4, -0.2) is 27.0 Å². The number of nitrogens with one attached hydrogen (secondary N) is 2. The number of aryl methyl sites for hydroxylation is 1. The van der Waals surface area contributed by atoms with Gasteiger partial charge in [-0.1, -0.05) is 43.7 Å². The molecule has 6 nitrogen and oxygen atoms in total. The molecule has 2 aromatic carbocycles. The van der Waals surface area contributed by atoms with Crippen LogP contribution >= 0.6 is 0 Å². The molecule has 0 spiro atoms. The van der Waals surface area contributed by atoms with Crippen molar-refractivity contribution < 1.29 is 26.7 Å². The maximum Gasteiger partial charge on any atom is 0.387 e. The van der Waals surface area contributed by atoms with E-state index >= 15 is 0 Å². The molecule has 2 N–H and O–H groups in total. The van der Waals surface area contributed by atoms with Gasteiger partial charge in [0, 0.05) is 0 Å². The second-order valence-corrected chi connectivity index (χ2v) is 9.51. The van der Waals surface area contributed by atoms with Crippen LogP contribution in [0.3, 0.4) is 0 Å². The minimum absolute atomic E-state index is 0.0146. The van der Waals surface area contributed by atoms with Crippen molar-refractivity contribution in [3.63, 3.8) is 0 Å². The summed E-state index contributed by atoms with van der Waals surface area (Å²) in [6, 6.07) is 10.8. The van der Waals surface area contributed by atoms with Gasteiger partial charge in [-0.15, -0.1) is 0 Å². The van der Waals surface area contributed by atoms with E-state index < -0.39 is 34.6 Å². The number of sulfonamides is 1. The number of ether oxygens (including phenoxy) is 1. The normalized spacial score (nSPS) is 13.8. The van der Waals surface area contributed by atoms with E-state index in [1.807, 2.05) is 20.8 Å². The Morgan fingerprint density at radius 3 is 2.10 bits per heavy atom. The maximum absolute atomic E-state index is 12.9. The Labute approximate surface area is 182 Å². The largest absolute Gasteiger partial charge is 0.435 e. The van der Waals surface area contributed by atoms with Crippen LogP contribution in [-0.2, 0) is 14.8 Å². The Morgan fingerprint density at radius 1 is 1.00 bits per heavy atom. The maximum atomic E-state index is 12.9. The second kappa shape index (κ2) is 10.7. The molecule has 2 atom stereocenters. The number of carbonyl (C=O) groups excluding carboxylic acids is 1. The summed E-state index contributed by atoms with van der Waals surface area (Å²) < 4.78 is 56.9. The predicted octanol–water partition coefficient (Wildman–Crippen LogP) is 4.17. The average Bonchev–Trinajstić information content (AvgIpc) is 2.67. The molecule has 0 heterocycles. The molecule has 9 heteroatoms. The summed E-state index contributed by atoms with van der Waals surface area (Å²) >= 11 is 0. The fourth-order valence-electron chi connectivity index (χ4n) is 2.99. The summed E-state index contributed by atoms with van der Waals surface area (Å²) in [7, 11) is -3.88. The molecule has 0 saturated carbocycles. The summed E-state index contributed by atoms with van der Waals surface area (Å²) in [5.74, 6) is -0.386. The number of alkyl halides is 2. The van der Waals surface area contributed by atoms with Gasteiger partial charge in [0.15, 0.2) is 0 Å². The molecule has 2 aromatic rings. The third-order valence-corrected chi connectivity index (χ3v) is 6.10. The van der Waals surface area contributed by atoms with Crippen molar-refractivity contribution in [2.24, 2.45) is 5.92 Å². The van der Waals surface area contributed by atoms with Crippen molar-refractivity contribution in [3.05, 3.63) is 59.7 Å². The lowest BCUT2D eigenvalue weighted by molar-refractivity contribution is -0.123. The standard InChI is InChI=1S/C22H28F2N2O4S/c1-14(2)13-20(26-31(28,29)19-11-5-15(3)6-12-19)21(27)25-16(4)17-7-9-18(10-8-17)30-22(23)24/h5-12,14,16,20,22,26H,13H2,1-4H3,(H,25,27). The lowest BCUT2D eigenvalue weighted by Crippen LogP contribution is -2.47. The summed E-state index contributed by atoms with van der Waals surface area (Å²) in [4.78, 5) is 13.0. The van der Waals surface area contributed by atoms with E-state index in [2.05, 4.69) is 14.8 Å². The van der Waals surface area contributed by atoms with E-state index in [1.165, 1.54) is 24.3 Å². The first kappa shape index (κ1) is 24.7. The van der Waals surface area contributed by atoms with Crippen molar-refractivity contribution in [3.8, 4) is 5.75 Å². The number of amides is 1. The van der Waals surface area contributed by atoms with Gasteiger partial charge in [-0.3, -0.25) is 4.79 Å². The first-order chi connectivity index (χ1) is 14.5. The van der Waals surface area contributed by atoms with Gasteiger partial charge in [0.05, 0.1) is 10.9 Å². The predicted molar refractivity (Wildman–Crippen MR) is 114 cm³/mol. The van der Waals surface area contributed by atoms with Crippen molar-refractivity contribution in [1.82, 2.24) is 10.0 Å². The van der Waals surface area contributed by atoms with Gasteiger partial charge < -0.3 is 10.1 Å². The Bertz CT molecular complexity index is 962. The molecule has 2 rings (SSSR count). The third-order valence-electron chi connectivity index (χ3n) is 4.62. The zero-order valence-corrected chi connectivity index (χ0v) is 18.7. The number of rotatable bonds is 10. The molecular weight excluding hydrogens is 426 g/mol. The molecule has 0 radical (unpaired) electrons. The number of halogens is 2. The van der Waals surface area contributed by atoms with Gasteiger partial charge in [-0.25, -0.2) is 8.42 Å². The van der Waals surface area contributed by atoms with E-state index in [1.54, 1.807) is 31.2 Å². The van der Waals surface area contributed by atoms with Crippen LogP contribution in [0.15, 0.2) is 53.4 Å². The minimum atomic E-state index is -3.88. The summed E-state index contributed by atoms with van der Waals surface area (Å²) in [5, 5.41) is 2.79. The Balaban J connectivity index is 2.12. The van der Waals surface area contributed by atoms with Gasteiger partial charge in [0.2, 0.25) is 15.9 Å². The molecule has 1 amide bonds. The second-order valence-electron chi connectivity index (χ2n) is 7.79. The highest BCUT2D eigenvalue weighted by atomic mass is 32.2. The van der Waals surface area contributed by atoms with Crippen LogP contribution in [0.25, 0.3) is 0 Å². The average molecular weight is 455 g/mol. The molecule has 0 bridgehead atoms. The smallest absolute Gasteiger partial charge is 0.387 e. The molecule has 0 aliphatic heterocycles. The van der Waals surface area contributed by atoms with Gasteiger partial charge in [0.25, 0.3) is 0 Å². The molecule has 0 aliphatic carbocycles. The highest BCUT2D eigenvalue weighted by Gasteiger charge is 2.27. The zero-order chi connectivity index (χ0) is 23.2. The highest BCUT2D eigenvalue weighted by molar-refractivity contribution is 7.89. The Kier molecular flexibility index (Phi) is 8.52. The van der Waals surface area contributed by atoms with E-state index in [0.717, 1.165) is 5.56 Å². The molecule has 31 heavy (non-hydrogen) atoms. The Morgan fingerprint density at radius 2 is 1.58 bits per heavy atom. The van der Waals surface area contributed by atoms with E-state index in [-0.39, 0.29) is 16.6 Å². The Hall–Kier alpha value is -2.52. The van der Waals surface area contributed by atoms with Crippen LogP contribution in [0.1, 0.15) is 44.4 Å². The van der Waals surface area contributed by atoms with Crippen molar-refractivity contribution >= 4 is 15.9 Å². The van der Waals surface area contributed by atoms with Crippen LogP contribution in [0.2, 0.25) is 0 Å². The van der Waals surface area contributed by atoms with Crippen molar-refractivity contribution in [2.45, 2.75) is 57.7 Å². The lowest BCUT2D eigenvalue weighted by atomic mass is 10.0. The van der Waals surface area contributed by atoms with Crippen LogP contribution in [0.5, 0.6) is 5.75 Å². The van der Waals surface area contributed by atoms with Crippen LogP contribution in [0.4, 0.5) is 8.78 Å². The number of carbonyl (C=O) groups is 1. The number of benzene rings is 2. The number of hydrogen-bond acceptors (Lipinski definition) is 4. The molecule has 0 aromatic heterocycles. The van der Waals surface area contributed by atoms with Crippen molar-refractivity contribution in [2.75, 3.05) is 0 Å². The van der Waals surface area contributed by atoms with E-state index in [0.29, 0.717) is 12.0 Å². The quantitative estimate of drug-likeness (QED) is 0.564. The fraction of sp³-hybridized carbons (Fsp3) is 0.409. The minimum Gasteiger partial charge on any atom is -0.435 e. The SMILES string of the molecule is Cc1ccc(S(=O)(=O)NC(CC(C)C)C(=O)NC(C)c2ccc(OC(F)F)cc2)cc1. The third kappa shape index (κ3) is 7.59. The van der Waals surface area contributed by atoms with Gasteiger partial charge in [-0.2, -0.15) is 13.5 Å². The fourth-order valence-corrected chi connectivity index (χ4v) is 4.20. The summed E-state index contributed by atoms with van der Waals surface area (Å²) in [6.45, 7) is 4.45. The summed E-state index contributed by atoms with van der Waals surface area (Å²) in [6.07, 6.45) is 0.310. The zero-order valence-electron chi connectivity index (χ0n) is 17.9. The van der Waals surface area contributed by atoms with Gasteiger partial charge >= 0.3 is 6.61 Å². The monoisotopic (exact) mass is 454 g/mol. The van der Waals surface area contributed by atoms with Gasteiger partial charge in [0.1, 0.15) is 11.8 Å². The van der Waals surface area contributed by atoms with E-state index in [4.69, 9.17) is 0 Å². The van der Waals surface area contributed by atoms with Crippen molar-refractivity contribution in [1.29, 1.82) is 0 Å². The topological polar surface area (TPSA) is 84.5 Å². The number of hydrogen-bond donors (Lipinski definition) is 2. The first-order valence-electron chi connectivity index (χ1n) is 9.92. The summed E-state index contributed by atoms with van der Waals surface area (Å²) in [5.41, 5.74) is 1.59. The highest BCUT2D eigenvalue weighted by Crippen LogP contribution is 2.20. The molecule has 0 fully saturated rings. The van der Waals surface area contributed by atoms with Gasteiger partial charge in [-0.05, 0) is 56.0 Å². The molecule has 0 saturated heterocycles. The van der Waals surface area contributed by atoms with Crippen LogP contribution in [0, 0.1) is 12.8 Å². The lowest BCUT2D eigenvalue weighted by Gasteiger charge is -2.23. The van der Waals surface area contributed by atoms with Crippen LogP contribution < -0.4 is 14.8 Å². The van der Waals surface area contributed by atoms with E-state index in [9.17, 15) is 22.0 Å². The first-order valence-corrected chi connectivity index (χ1v) is 11.4. The molecule has 170 valence electrons. The molecule has 2 unspecified atom stereocenters.